The fourth-order valence-electron chi connectivity index (χ4n) is 7.14. The first-order valence-corrected chi connectivity index (χ1v) is 16.4. The van der Waals surface area contributed by atoms with E-state index in [1.165, 1.54) is 36.1 Å². The molecule has 222 valence electrons. The van der Waals surface area contributed by atoms with E-state index in [0.29, 0.717) is 17.9 Å². The van der Waals surface area contributed by atoms with Crippen molar-refractivity contribution in [2.75, 3.05) is 71.6 Å². The van der Waals surface area contributed by atoms with Gasteiger partial charge in [-0.25, -0.2) is 4.98 Å². The van der Waals surface area contributed by atoms with Crippen LogP contribution in [-0.4, -0.2) is 81.5 Å². The standard InChI is InChI=1S/C33H46N4O3S/c1-35(2)31(30-9-6-22-41-30)27-12-10-26(11-13-27)24-29(36-14-18-38-19-15-36)32-34-28(23-25-7-4-3-5-8-25)33(40-32)37-16-20-39-21-17-37/h3-9,22,26-27,29,31H,10-21,23-24H2,1-2H3. The number of oxazole rings is 1. The molecule has 2 atom stereocenters. The Labute approximate surface area is 249 Å². The van der Waals surface area contributed by atoms with Crippen LogP contribution in [0.2, 0.25) is 0 Å². The van der Waals surface area contributed by atoms with Gasteiger partial charge >= 0.3 is 0 Å². The van der Waals surface area contributed by atoms with Crippen molar-refractivity contribution in [1.82, 2.24) is 14.8 Å². The molecule has 6 rings (SSSR count). The van der Waals surface area contributed by atoms with E-state index in [1.807, 2.05) is 11.3 Å². The maximum absolute atomic E-state index is 6.79. The molecule has 2 saturated heterocycles. The van der Waals surface area contributed by atoms with Crippen molar-refractivity contribution in [3.8, 4) is 0 Å². The predicted molar refractivity (Wildman–Crippen MR) is 165 cm³/mol. The molecule has 1 saturated carbocycles. The zero-order valence-corrected chi connectivity index (χ0v) is 25.6. The highest BCUT2D eigenvalue weighted by Crippen LogP contribution is 2.44. The van der Waals surface area contributed by atoms with Gasteiger partial charge in [-0.1, -0.05) is 49.2 Å². The lowest BCUT2D eigenvalue weighted by Gasteiger charge is -2.39. The van der Waals surface area contributed by atoms with Crippen LogP contribution in [-0.2, 0) is 15.9 Å². The highest BCUT2D eigenvalue weighted by Gasteiger charge is 2.35. The molecule has 2 aromatic heterocycles. The summed E-state index contributed by atoms with van der Waals surface area (Å²) < 4.78 is 18.2. The molecule has 41 heavy (non-hydrogen) atoms. The SMILES string of the molecule is CN(C)C(c1cccs1)C1CCC(CC(c2nc(Cc3ccccc3)c(N3CCOCC3)o2)N2CCOCC2)CC1. The van der Waals surface area contributed by atoms with Crippen LogP contribution in [0.4, 0.5) is 5.88 Å². The normalized spacial score (nSPS) is 24.0. The number of hydrogen-bond donors (Lipinski definition) is 0. The van der Waals surface area contributed by atoms with Gasteiger partial charge in [0.15, 0.2) is 0 Å². The molecule has 2 aliphatic heterocycles. The van der Waals surface area contributed by atoms with E-state index >= 15 is 0 Å². The lowest BCUT2D eigenvalue weighted by Crippen LogP contribution is -2.40. The summed E-state index contributed by atoms with van der Waals surface area (Å²) in [5.74, 6) is 3.24. The maximum Gasteiger partial charge on any atom is 0.220 e. The molecule has 4 heterocycles. The summed E-state index contributed by atoms with van der Waals surface area (Å²) in [4.78, 5) is 14.1. The van der Waals surface area contributed by atoms with Gasteiger partial charge in [-0.15, -0.1) is 11.3 Å². The Morgan fingerprint density at radius 3 is 2.27 bits per heavy atom. The second-order valence-electron chi connectivity index (χ2n) is 12.2. The Morgan fingerprint density at radius 2 is 1.61 bits per heavy atom. The van der Waals surface area contributed by atoms with Gasteiger partial charge in [0, 0.05) is 43.5 Å². The number of aromatic nitrogens is 1. The van der Waals surface area contributed by atoms with E-state index in [9.17, 15) is 0 Å². The van der Waals surface area contributed by atoms with Gasteiger partial charge in [0.2, 0.25) is 11.8 Å². The number of thiophene rings is 1. The summed E-state index contributed by atoms with van der Waals surface area (Å²) in [6.45, 7) is 6.59. The van der Waals surface area contributed by atoms with Crippen molar-refractivity contribution in [1.29, 1.82) is 0 Å². The number of morpholine rings is 2. The summed E-state index contributed by atoms with van der Waals surface area (Å²) in [6.07, 6.45) is 7.00. The van der Waals surface area contributed by atoms with E-state index < -0.39 is 0 Å². The number of ether oxygens (including phenoxy) is 2. The minimum atomic E-state index is 0.187. The van der Waals surface area contributed by atoms with Gasteiger partial charge < -0.3 is 23.7 Å². The largest absolute Gasteiger partial charge is 0.423 e. The minimum Gasteiger partial charge on any atom is -0.423 e. The van der Waals surface area contributed by atoms with E-state index in [-0.39, 0.29) is 6.04 Å². The monoisotopic (exact) mass is 578 g/mol. The number of hydrogen-bond acceptors (Lipinski definition) is 8. The minimum absolute atomic E-state index is 0.187. The van der Waals surface area contributed by atoms with Crippen LogP contribution in [0.25, 0.3) is 0 Å². The van der Waals surface area contributed by atoms with Gasteiger partial charge in [-0.2, -0.15) is 0 Å². The molecule has 1 aromatic carbocycles. The molecule has 1 aliphatic carbocycles. The molecule has 0 N–H and O–H groups in total. The fraction of sp³-hybridized carbons (Fsp3) is 0.606. The summed E-state index contributed by atoms with van der Waals surface area (Å²) >= 11 is 1.90. The van der Waals surface area contributed by atoms with Gasteiger partial charge in [0.1, 0.15) is 5.69 Å². The lowest BCUT2D eigenvalue weighted by atomic mass is 9.75. The molecular weight excluding hydrogens is 532 g/mol. The van der Waals surface area contributed by atoms with Crippen molar-refractivity contribution in [3.05, 3.63) is 69.9 Å². The zero-order chi connectivity index (χ0) is 28.0. The number of benzene rings is 1. The molecule has 0 amide bonds. The molecule has 2 unspecified atom stereocenters. The average Bonchev–Trinajstić information content (AvgIpc) is 3.69. The van der Waals surface area contributed by atoms with Crippen molar-refractivity contribution < 1.29 is 13.9 Å². The number of nitrogens with zero attached hydrogens (tertiary/aromatic N) is 4. The molecular formula is C33H46N4O3S. The first-order chi connectivity index (χ1) is 20.2. The third-order valence-electron chi connectivity index (χ3n) is 9.26. The predicted octanol–water partition coefficient (Wildman–Crippen LogP) is 6.04. The zero-order valence-electron chi connectivity index (χ0n) is 24.7. The molecule has 7 nitrogen and oxygen atoms in total. The van der Waals surface area contributed by atoms with E-state index in [1.54, 1.807) is 0 Å². The second kappa shape index (κ2) is 13.8. The molecule has 3 aliphatic rings. The molecule has 0 radical (unpaired) electrons. The summed E-state index contributed by atoms with van der Waals surface area (Å²) in [6, 6.07) is 15.9. The quantitative estimate of drug-likeness (QED) is 0.291. The topological polar surface area (TPSA) is 54.2 Å². The fourth-order valence-corrected chi connectivity index (χ4v) is 8.15. The van der Waals surface area contributed by atoms with Crippen LogP contribution in [0.3, 0.4) is 0 Å². The van der Waals surface area contributed by atoms with Crippen LogP contribution in [0.1, 0.15) is 66.2 Å². The number of rotatable bonds is 10. The van der Waals surface area contributed by atoms with Crippen molar-refractivity contribution in [2.24, 2.45) is 11.8 Å². The van der Waals surface area contributed by atoms with Crippen LogP contribution >= 0.6 is 11.3 Å². The third-order valence-corrected chi connectivity index (χ3v) is 10.2. The second-order valence-corrected chi connectivity index (χ2v) is 13.1. The highest BCUT2D eigenvalue weighted by molar-refractivity contribution is 7.10. The van der Waals surface area contributed by atoms with Crippen LogP contribution < -0.4 is 4.90 Å². The molecule has 0 bridgehead atoms. The Balaban J connectivity index is 1.22. The molecule has 0 spiro atoms. The highest BCUT2D eigenvalue weighted by atomic mass is 32.1. The smallest absolute Gasteiger partial charge is 0.220 e. The van der Waals surface area contributed by atoms with E-state index in [0.717, 1.165) is 82.9 Å². The van der Waals surface area contributed by atoms with Crippen LogP contribution in [0, 0.1) is 11.8 Å². The molecule has 3 fully saturated rings. The lowest BCUT2D eigenvalue weighted by molar-refractivity contribution is 0.00160. The molecule has 3 aromatic rings. The maximum atomic E-state index is 6.79. The summed E-state index contributed by atoms with van der Waals surface area (Å²) in [7, 11) is 4.49. The Bertz CT molecular complexity index is 1180. The Kier molecular flexibility index (Phi) is 9.74. The van der Waals surface area contributed by atoms with E-state index in [2.05, 4.69) is 76.6 Å². The number of anilines is 1. The van der Waals surface area contributed by atoms with Crippen LogP contribution in [0.5, 0.6) is 0 Å². The van der Waals surface area contributed by atoms with Crippen LogP contribution in [0.15, 0.2) is 52.3 Å². The van der Waals surface area contributed by atoms with Crippen molar-refractivity contribution in [2.45, 2.75) is 50.6 Å². The molecule has 8 heteroatoms. The van der Waals surface area contributed by atoms with Gasteiger partial charge in [0.25, 0.3) is 0 Å². The summed E-state index contributed by atoms with van der Waals surface area (Å²) in [5.41, 5.74) is 2.32. The van der Waals surface area contributed by atoms with E-state index in [4.69, 9.17) is 18.9 Å². The van der Waals surface area contributed by atoms with Crippen molar-refractivity contribution >= 4 is 17.2 Å². The van der Waals surface area contributed by atoms with Gasteiger partial charge in [-0.3, -0.25) is 4.90 Å². The Hall–Kier alpha value is -2.23. The van der Waals surface area contributed by atoms with Gasteiger partial charge in [-0.05, 0) is 62.2 Å². The Morgan fingerprint density at radius 1 is 0.902 bits per heavy atom. The average molecular weight is 579 g/mol. The first kappa shape index (κ1) is 28.9. The van der Waals surface area contributed by atoms with Gasteiger partial charge in [0.05, 0.1) is 32.5 Å². The van der Waals surface area contributed by atoms with Crippen molar-refractivity contribution in [3.63, 3.8) is 0 Å². The summed E-state index contributed by atoms with van der Waals surface area (Å²) in [5, 5.41) is 2.22. The third kappa shape index (κ3) is 7.05. The first-order valence-electron chi connectivity index (χ1n) is 15.5.